The molecule has 0 bridgehead atoms. The lowest BCUT2D eigenvalue weighted by atomic mass is 10.0. The highest BCUT2D eigenvalue weighted by atomic mass is 35.5. The first kappa shape index (κ1) is 17.2. The fraction of sp³-hybridized carbons (Fsp3) is 0.538. The summed E-state index contributed by atoms with van der Waals surface area (Å²) >= 11 is 0. The molecule has 0 spiro atoms. The molecule has 0 amide bonds. The van der Waals surface area contributed by atoms with Gasteiger partial charge in [0, 0.05) is 50.3 Å². The predicted octanol–water partition coefficient (Wildman–Crippen LogP) is 2.99. The van der Waals surface area contributed by atoms with Gasteiger partial charge in [-0.25, -0.2) is 17.6 Å². The molecule has 7 heteroatoms. The monoisotopic (exact) mass is 312 g/mol. The van der Waals surface area contributed by atoms with Crippen LogP contribution >= 0.6 is 12.4 Å². The van der Waals surface area contributed by atoms with Gasteiger partial charge in [0.2, 0.25) is 6.43 Å². The molecule has 1 N–H and O–H groups in total. The van der Waals surface area contributed by atoms with Crippen LogP contribution in [0, 0.1) is 11.6 Å². The number of hydrogen-bond acceptors (Lipinski definition) is 2. The summed E-state index contributed by atoms with van der Waals surface area (Å²) < 4.78 is 52.1. The number of alkyl halides is 2. The zero-order valence-corrected chi connectivity index (χ0v) is 11.6. The minimum Gasteiger partial charge on any atom is -0.314 e. The molecular formula is C13H17ClF4N2. The zero-order chi connectivity index (χ0) is 13.8. The number of hydrogen-bond donors (Lipinski definition) is 1. The molecule has 1 atom stereocenters. The van der Waals surface area contributed by atoms with Gasteiger partial charge in [-0.05, 0) is 6.07 Å². The second-order valence-electron chi connectivity index (χ2n) is 4.59. The third-order valence-electron chi connectivity index (χ3n) is 3.32. The highest BCUT2D eigenvalue weighted by molar-refractivity contribution is 5.85. The van der Waals surface area contributed by atoms with Crippen LogP contribution in [0.4, 0.5) is 17.6 Å². The van der Waals surface area contributed by atoms with Crippen LogP contribution < -0.4 is 5.32 Å². The summed E-state index contributed by atoms with van der Waals surface area (Å²) in [4.78, 5) is 1.82. The highest BCUT2D eigenvalue weighted by Crippen LogP contribution is 2.29. The first-order valence-corrected chi connectivity index (χ1v) is 6.26. The Hall–Kier alpha value is -0.850. The first-order chi connectivity index (χ1) is 9.08. The second-order valence-corrected chi connectivity index (χ2v) is 4.59. The maximum atomic E-state index is 13.8. The molecular weight excluding hydrogens is 296 g/mol. The Morgan fingerprint density at radius 3 is 2.35 bits per heavy atom. The van der Waals surface area contributed by atoms with Gasteiger partial charge in [0.25, 0.3) is 0 Å². The van der Waals surface area contributed by atoms with Crippen molar-refractivity contribution in [2.45, 2.75) is 18.9 Å². The van der Waals surface area contributed by atoms with Crippen LogP contribution in [0.25, 0.3) is 0 Å². The van der Waals surface area contributed by atoms with Crippen molar-refractivity contribution in [1.82, 2.24) is 10.2 Å². The van der Waals surface area contributed by atoms with Crippen molar-refractivity contribution in [2.24, 2.45) is 0 Å². The van der Waals surface area contributed by atoms with Gasteiger partial charge in [-0.3, -0.25) is 4.90 Å². The number of rotatable bonds is 4. The average molecular weight is 313 g/mol. The van der Waals surface area contributed by atoms with Crippen molar-refractivity contribution >= 4 is 12.4 Å². The molecule has 1 heterocycles. The lowest BCUT2D eigenvalue weighted by Crippen LogP contribution is -2.45. The van der Waals surface area contributed by atoms with Gasteiger partial charge in [-0.15, -0.1) is 12.4 Å². The lowest BCUT2D eigenvalue weighted by molar-refractivity contribution is 0.0725. The van der Waals surface area contributed by atoms with Crippen molar-refractivity contribution in [3.8, 4) is 0 Å². The van der Waals surface area contributed by atoms with E-state index in [4.69, 9.17) is 0 Å². The summed E-state index contributed by atoms with van der Waals surface area (Å²) in [6, 6.07) is 2.41. The van der Waals surface area contributed by atoms with Crippen LogP contribution in [-0.2, 0) is 0 Å². The van der Waals surface area contributed by atoms with E-state index < -0.39 is 30.5 Å². The minimum atomic E-state index is -2.52. The topological polar surface area (TPSA) is 15.3 Å². The minimum absolute atomic E-state index is 0. The number of nitrogens with one attached hydrogen (secondary N) is 1. The molecule has 1 aliphatic rings. The van der Waals surface area contributed by atoms with E-state index in [9.17, 15) is 17.6 Å². The van der Waals surface area contributed by atoms with Gasteiger partial charge in [-0.2, -0.15) is 0 Å². The molecule has 2 nitrogen and oxygen atoms in total. The Morgan fingerprint density at radius 1 is 1.15 bits per heavy atom. The highest BCUT2D eigenvalue weighted by Gasteiger charge is 2.27. The molecule has 1 aromatic carbocycles. The average Bonchev–Trinajstić information content (AvgIpc) is 2.37. The van der Waals surface area contributed by atoms with Gasteiger partial charge in [-0.1, -0.05) is 6.07 Å². The van der Waals surface area contributed by atoms with E-state index in [1.54, 1.807) is 0 Å². The summed E-state index contributed by atoms with van der Waals surface area (Å²) in [5.74, 6) is -1.46. The predicted molar refractivity (Wildman–Crippen MR) is 71.4 cm³/mol. The summed E-state index contributed by atoms with van der Waals surface area (Å²) in [6.07, 6.45) is -2.97. The van der Waals surface area contributed by atoms with Crippen LogP contribution in [0.3, 0.4) is 0 Å². The zero-order valence-electron chi connectivity index (χ0n) is 10.8. The maximum Gasteiger partial charge on any atom is 0.240 e. The SMILES string of the molecule is Cl.Fc1ccc([C@@H](CC(F)F)N2CCNCC2)c(F)c1. The van der Waals surface area contributed by atoms with Crippen molar-refractivity contribution < 1.29 is 17.6 Å². The van der Waals surface area contributed by atoms with Crippen LogP contribution in [0.2, 0.25) is 0 Å². The molecule has 2 rings (SSSR count). The van der Waals surface area contributed by atoms with E-state index >= 15 is 0 Å². The number of halogens is 5. The molecule has 0 aromatic heterocycles. The molecule has 1 aromatic rings. The molecule has 1 aliphatic heterocycles. The Bertz CT molecular complexity index is 425. The first-order valence-electron chi connectivity index (χ1n) is 6.26. The normalized spacial score (nSPS) is 17.9. The standard InChI is InChI=1S/C13H16F4N2.ClH/c14-9-1-2-10(11(15)7-9)12(8-13(16)17)19-5-3-18-4-6-19;/h1-2,7,12-13,18H,3-6,8H2;1H/t12-;/m1./s1. The van der Waals surface area contributed by atoms with Crippen molar-refractivity contribution in [2.75, 3.05) is 26.2 Å². The molecule has 0 aliphatic carbocycles. The number of piperazine rings is 1. The third kappa shape index (κ3) is 4.33. The molecule has 1 saturated heterocycles. The Kier molecular flexibility index (Phi) is 6.71. The summed E-state index contributed by atoms with van der Waals surface area (Å²) in [5, 5.41) is 3.12. The van der Waals surface area contributed by atoms with E-state index in [0.29, 0.717) is 26.2 Å². The fourth-order valence-electron chi connectivity index (χ4n) is 2.41. The Labute approximate surface area is 121 Å². The molecule has 0 radical (unpaired) electrons. The van der Waals surface area contributed by atoms with Gasteiger partial charge >= 0.3 is 0 Å². The molecule has 114 valence electrons. The van der Waals surface area contributed by atoms with Crippen LogP contribution in [0.15, 0.2) is 18.2 Å². The summed E-state index contributed by atoms with van der Waals surface area (Å²) in [5.41, 5.74) is 0.142. The third-order valence-corrected chi connectivity index (χ3v) is 3.32. The van der Waals surface area contributed by atoms with Gasteiger partial charge < -0.3 is 5.32 Å². The smallest absolute Gasteiger partial charge is 0.240 e. The van der Waals surface area contributed by atoms with Crippen molar-refractivity contribution in [1.29, 1.82) is 0 Å². The molecule has 0 unspecified atom stereocenters. The quantitative estimate of drug-likeness (QED) is 0.860. The van der Waals surface area contributed by atoms with Gasteiger partial charge in [0.1, 0.15) is 11.6 Å². The second kappa shape index (κ2) is 7.81. The lowest BCUT2D eigenvalue weighted by Gasteiger charge is -2.35. The van der Waals surface area contributed by atoms with Crippen LogP contribution in [0.5, 0.6) is 0 Å². The Morgan fingerprint density at radius 2 is 1.80 bits per heavy atom. The fourth-order valence-corrected chi connectivity index (χ4v) is 2.41. The number of nitrogens with zero attached hydrogens (tertiary/aromatic N) is 1. The van der Waals surface area contributed by atoms with E-state index in [1.165, 1.54) is 6.07 Å². The summed E-state index contributed by atoms with van der Waals surface area (Å²) in [7, 11) is 0. The van der Waals surface area contributed by atoms with Crippen LogP contribution in [-0.4, -0.2) is 37.5 Å². The van der Waals surface area contributed by atoms with Crippen molar-refractivity contribution in [3.05, 3.63) is 35.4 Å². The van der Waals surface area contributed by atoms with Gasteiger partial charge in [0.15, 0.2) is 0 Å². The van der Waals surface area contributed by atoms with E-state index in [2.05, 4.69) is 5.32 Å². The molecule has 20 heavy (non-hydrogen) atoms. The van der Waals surface area contributed by atoms with E-state index in [1.807, 2.05) is 4.90 Å². The summed E-state index contributed by atoms with van der Waals surface area (Å²) in [6.45, 7) is 2.52. The van der Waals surface area contributed by atoms with Crippen molar-refractivity contribution in [3.63, 3.8) is 0 Å². The molecule has 1 fully saturated rings. The largest absolute Gasteiger partial charge is 0.314 e. The van der Waals surface area contributed by atoms with E-state index in [-0.39, 0.29) is 18.0 Å². The Balaban J connectivity index is 0.00000200. The molecule has 0 saturated carbocycles. The van der Waals surface area contributed by atoms with Crippen LogP contribution in [0.1, 0.15) is 18.0 Å². The maximum absolute atomic E-state index is 13.8. The van der Waals surface area contributed by atoms with Gasteiger partial charge in [0.05, 0.1) is 0 Å². The van der Waals surface area contributed by atoms with E-state index in [0.717, 1.165) is 12.1 Å². The number of benzene rings is 1.